The zero-order valence-electron chi connectivity index (χ0n) is 15.4. The Hall–Kier alpha value is -1.69. The van der Waals surface area contributed by atoms with Crippen molar-refractivity contribution in [3.8, 4) is 0 Å². The van der Waals surface area contributed by atoms with Gasteiger partial charge in [0.2, 0.25) is 10.0 Å². The number of rotatable bonds is 8. The molecule has 4 nitrogen and oxygen atoms in total. The molecule has 0 saturated heterocycles. The molecule has 0 aliphatic carbocycles. The van der Waals surface area contributed by atoms with Gasteiger partial charge in [-0.1, -0.05) is 48.4 Å². The molecule has 0 spiro atoms. The first-order valence-corrected chi connectivity index (χ1v) is 10.9. The van der Waals surface area contributed by atoms with Crippen LogP contribution in [0, 0.1) is 6.92 Å². The highest BCUT2D eigenvalue weighted by molar-refractivity contribution is 7.89. The third kappa shape index (κ3) is 5.16. The summed E-state index contributed by atoms with van der Waals surface area (Å²) in [5.74, 6) is 0. The predicted octanol–water partition coefficient (Wildman–Crippen LogP) is 3.50. The summed E-state index contributed by atoms with van der Waals surface area (Å²) in [6, 6.07) is 15.7. The fraction of sp³-hybridized carbons (Fsp3) is 0.429. The molecule has 3 rings (SSSR count). The van der Waals surface area contributed by atoms with Crippen LogP contribution in [-0.2, 0) is 23.0 Å². The van der Waals surface area contributed by atoms with E-state index in [4.69, 9.17) is 0 Å². The van der Waals surface area contributed by atoms with E-state index in [1.807, 2.05) is 19.1 Å². The maximum atomic E-state index is 12.2. The quantitative estimate of drug-likeness (QED) is 0.722. The molecule has 0 amide bonds. The van der Waals surface area contributed by atoms with Crippen LogP contribution in [0.25, 0.3) is 0 Å². The molecule has 5 heteroatoms. The van der Waals surface area contributed by atoms with E-state index < -0.39 is 10.0 Å². The molecule has 0 fully saturated rings. The van der Waals surface area contributed by atoms with Crippen LogP contribution in [0.4, 0.5) is 0 Å². The van der Waals surface area contributed by atoms with Gasteiger partial charge in [-0.05, 0) is 56.0 Å². The van der Waals surface area contributed by atoms with Gasteiger partial charge < -0.3 is 0 Å². The van der Waals surface area contributed by atoms with Crippen LogP contribution in [0.5, 0.6) is 0 Å². The SMILES string of the molecule is Cc1ccc(S(=O)(=O)NCCCCCN2CCc3ccccc3C2)cc1. The molecule has 0 radical (unpaired) electrons. The maximum absolute atomic E-state index is 12.2. The summed E-state index contributed by atoms with van der Waals surface area (Å²) in [5.41, 5.74) is 3.99. The Balaban J connectivity index is 1.34. The van der Waals surface area contributed by atoms with Gasteiger partial charge in [0.15, 0.2) is 0 Å². The van der Waals surface area contributed by atoms with Crippen molar-refractivity contribution in [2.24, 2.45) is 0 Å². The average Bonchev–Trinajstić information content (AvgIpc) is 2.65. The Morgan fingerprint density at radius 1 is 0.962 bits per heavy atom. The molecule has 1 N–H and O–H groups in total. The molecule has 26 heavy (non-hydrogen) atoms. The topological polar surface area (TPSA) is 49.4 Å². The minimum Gasteiger partial charge on any atom is -0.299 e. The zero-order chi connectivity index (χ0) is 18.4. The highest BCUT2D eigenvalue weighted by Gasteiger charge is 2.15. The summed E-state index contributed by atoms with van der Waals surface area (Å²) in [6.45, 7) is 5.69. The molecule has 0 unspecified atom stereocenters. The van der Waals surface area contributed by atoms with E-state index in [9.17, 15) is 8.42 Å². The number of unbranched alkanes of at least 4 members (excludes halogenated alkanes) is 2. The van der Waals surface area contributed by atoms with Gasteiger partial charge >= 0.3 is 0 Å². The number of sulfonamides is 1. The van der Waals surface area contributed by atoms with Gasteiger partial charge in [0.05, 0.1) is 4.90 Å². The Morgan fingerprint density at radius 2 is 1.69 bits per heavy atom. The fourth-order valence-electron chi connectivity index (χ4n) is 3.39. The first-order chi connectivity index (χ1) is 12.5. The summed E-state index contributed by atoms with van der Waals surface area (Å²) in [4.78, 5) is 2.84. The summed E-state index contributed by atoms with van der Waals surface area (Å²) >= 11 is 0. The Kier molecular flexibility index (Phi) is 6.46. The second kappa shape index (κ2) is 8.80. The Labute approximate surface area is 157 Å². The monoisotopic (exact) mass is 372 g/mol. The van der Waals surface area contributed by atoms with Crippen LogP contribution in [0.1, 0.15) is 36.0 Å². The Morgan fingerprint density at radius 3 is 2.46 bits per heavy atom. The largest absolute Gasteiger partial charge is 0.299 e. The van der Waals surface area contributed by atoms with Gasteiger partial charge in [-0.15, -0.1) is 0 Å². The van der Waals surface area contributed by atoms with Crippen LogP contribution in [-0.4, -0.2) is 33.0 Å². The van der Waals surface area contributed by atoms with E-state index in [-0.39, 0.29) is 0 Å². The van der Waals surface area contributed by atoms with Gasteiger partial charge in [-0.2, -0.15) is 0 Å². The summed E-state index contributed by atoms with van der Waals surface area (Å²) < 4.78 is 27.1. The highest BCUT2D eigenvalue weighted by atomic mass is 32.2. The average molecular weight is 373 g/mol. The molecule has 2 aromatic carbocycles. The number of nitrogens with zero attached hydrogens (tertiary/aromatic N) is 1. The van der Waals surface area contributed by atoms with Crippen molar-refractivity contribution < 1.29 is 8.42 Å². The van der Waals surface area contributed by atoms with Crippen LogP contribution in [0.15, 0.2) is 53.4 Å². The van der Waals surface area contributed by atoms with Gasteiger partial charge in [-0.3, -0.25) is 4.90 Å². The van der Waals surface area contributed by atoms with Gasteiger partial charge in [0.25, 0.3) is 0 Å². The van der Waals surface area contributed by atoms with Crippen molar-refractivity contribution in [2.75, 3.05) is 19.6 Å². The first kappa shape index (κ1) is 19.1. The zero-order valence-corrected chi connectivity index (χ0v) is 16.3. The molecule has 2 aromatic rings. The van der Waals surface area contributed by atoms with Crippen molar-refractivity contribution in [1.29, 1.82) is 0 Å². The van der Waals surface area contributed by atoms with Crippen LogP contribution >= 0.6 is 0 Å². The van der Waals surface area contributed by atoms with E-state index in [0.29, 0.717) is 11.4 Å². The molecule has 140 valence electrons. The molecule has 1 heterocycles. The Bertz CT molecular complexity index is 816. The van der Waals surface area contributed by atoms with Crippen molar-refractivity contribution >= 4 is 10.0 Å². The third-order valence-electron chi connectivity index (χ3n) is 4.98. The molecular formula is C21H28N2O2S. The number of nitrogens with one attached hydrogen (secondary N) is 1. The lowest BCUT2D eigenvalue weighted by Gasteiger charge is -2.28. The molecule has 0 aromatic heterocycles. The van der Waals surface area contributed by atoms with E-state index in [2.05, 4.69) is 33.9 Å². The maximum Gasteiger partial charge on any atom is 0.240 e. The molecule has 0 bridgehead atoms. The van der Waals surface area contributed by atoms with Crippen molar-refractivity contribution in [2.45, 2.75) is 44.0 Å². The van der Waals surface area contributed by atoms with Crippen LogP contribution in [0.2, 0.25) is 0 Å². The van der Waals surface area contributed by atoms with Crippen molar-refractivity contribution in [3.63, 3.8) is 0 Å². The van der Waals surface area contributed by atoms with Crippen molar-refractivity contribution in [1.82, 2.24) is 9.62 Å². The molecule has 1 aliphatic rings. The van der Waals surface area contributed by atoms with Gasteiger partial charge in [0, 0.05) is 19.6 Å². The number of aryl methyl sites for hydroxylation is 1. The minimum atomic E-state index is -3.38. The minimum absolute atomic E-state index is 0.343. The van der Waals surface area contributed by atoms with Crippen LogP contribution < -0.4 is 4.72 Å². The molecular weight excluding hydrogens is 344 g/mol. The molecule has 0 atom stereocenters. The van der Waals surface area contributed by atoms with Crippen molar-refractivity contribution in [3.05, 3.63) is 65.2 Å². The summed E-state index contributed by atoms with van der Waals surface area (Å²) in [6.07, 6.45) is 4.14. The number of fused-ring (bicyclic) bond motifs is 1. The van der Waals surface area contributed by atoms with Gasteiger partial charge in [-0.25, -0.2) is 13.1 Å². The standard InChI is InChI=1S/C21H28N2O2S/c1-18-9-11-21(12-10-18)26(24,25)22-14-5-2-6-15-23-16-13-19-7-3-4-8-20(19)17-23/h3-4,7-12,22H,2,5-6,13-17H2,1H3. The van der Waals surface area contributed by atoms with E-state index in [0.717, 1.165) is 50.9 Å². The molecule has 0 saturated carbocycles. The van der Waals surface area contributed by atoms with Gasteiger partial charge in [0.1, 0.15) is 0 Å². The summed E-state index contributed by atoms with van der Waals surface area (Å²) in [5, 5.41) is 0. The van der Waals surface area contributed by atoms with Crippen LogP contribution in [0.3, 0.4) is 0 Å². The number of hydrogen-bond acceptors (Lipinski definition) is 3. The number of benzene rings is 2. The lowest BCUT2D eigenvalue weighted by atomic mass is 10.00. The third-order valence-corrected chi connectivity index (χ3v) is 6.46. The normalized spacial score (nSPS) is 15.0. The predicted molar refractivity (Wildman–Crippen MR) is 106 cm³/mol. The second-order valence-electron chi connectivity index (χ2n) is 7.07. The van der Waals surface area contributed by atoms with E-state index in [1.54, 1.807) is 12.1 Å². The van der Waals surface area contributed by atoms with E-state index in [1.165, 1.54) is 11.1 Å². The summed E-state index contributed by atoms with van der Waals surface area (Å²) in [7, 11) is -3.38. The second-order valence-corrected chi connectivity index (χ2v) is 8.83. The molecule has 1 aliphatic heterocycles. The lowest BCUT2D eigenvalue weighted by molar-refractivity contribution is 0.248. The highest BCUT2D eigenvalue weighted by Crippen LogP contribution is 2.18. The van der Waals surface area contributed by atoms with E-state index >= 15 is 0 Å². The first-order valence-electron chi connectivity index (χ1n) is 9.40. The fourth-order valence-corrected chi connectivity index (χ4v) is 4.46. The number of hydrogen-bond donors (Lipinski definition) is 1. The smallest absolute Gasteiger partial charge is 0.240 e. The lowest BCUT2D eigenvalue weighted by Crippen LogP contribution is -2.31.